The number of ether oxygens (including phenoxy) is 1. The highest BCUT2D eigenvalue weighted by Crippen LogP contribution is 2.36. The Morgan fingerprint density at radius 2 is 1.90 bits per heavy atom. The van der Waals surface area contributed by atoms with E-state index in [0.717, 1.165) is 30.2 Å². The van der Waals surface area contributed by atoms with Gasteiger partial charge in [-0.3, -0.25) is 28.4 Å². The quantitative estimate of drug-likeness (QED) is 0.268. The highest BCUT2D eigenvalue weighted by Gasteiger charge is 2.38. The van der Waals surface area contributed by atoms with Gasteiger partial charge in [0.05, 0.1) is 28.0 Å². The number of carbonyl (C=O) groups is 1. The maximum atomic E-state index is 13.8. The van der Waals surface area contributed by atoms with Gasteiger partial charge in [0, 0.05) is 26.4 Å². The van der Waals surface area contributed by atoms with Crippen molar-refractivity contribution in [3.05, 3.63) is 91.1 Å². The van der Waals surface area contributed by atoms with Gasteiger partial charge in [-0.15, -0.1) is 0 Å². The van der Waals surface area contributed by atoms with Crippen molar-refractivity contribution in [2.75, 3.05) is 23.4 Å². The van der Waals surface area contributed by atoms with Crippen molar-refractivity contribution in [3.8, 4) is 5.69 Å². The SMILES string of the molecule is Cc1cccn2c(=O)c(C=C3SC(=S)N(c4c(C)n(C)n(-c5ccccc5)c4=O)C3=O)c(NCC3CCCO3)nc12. The first-order valence-electron chi connectivity index (χ1n) is 13.3. The number of benzene rings is 1. The number of thioether (sulfide) groups is 1. The second kappa shape index (κ2) is 10.8. The lowest BCUT2D eigenvalue weighted by Gasteiger charge is -2.15. The Morgan fingerprint density at radius 3 is 2.63 bits per heavy atom. The Hall–Kier alpha value is -4.00. The standard InChI is InChI=1S/C29H28N6O4S2/c1-17-9-7-13-33-25(17)31-24(30-16-20-12-8-14-39-20)21(26(33)36)15-22-27(37)34(29(40)41-22)23-18(2)32(3)35(28(23)38)19-10-5-4-6-11-19/h4-7,9-11,13,15,20,30H,8,12,14,16H2,1-3H3. The van der Waals surface area contributed by atoms with Crippen LogP contribution in [0.1, 0.15) is 29.7 Å². The molecule has 5 heterocycles. The Kier molecular flexibility index (Phi) is 7.14. The molecule has 1 aromatic carbocycles. The van der Waals surface area contributed by atoms with Crippen LogP contribution in [0.25, 0.3) is 17.4 Å². The molecule has 0 radical (unpaired) electrons. The molecular formula is C29H28N6O4S2. The molecule has 0 spiro atoms. The van der Waals surface area contributed by atoms with Crippen molar-refractivity contribution in [3.63, 3.8) is 0 Å². The van der Waals surface area contributed by atoms with E-state index in [0.29, 0.717) is 36.0 Å². The van der Waals surface area contributed by atoms with Gasteiger partial charge >= 0.3 is 0 Å². The van der Waals surface area contributed by atoms with Crippen molar-refractivity contribution in [2.45, 2.75) is 32.8 Å². The number of fused-ring (bicyclic) bond motifs is 1. The maximum absolute atomic E-state index is 13.8. The molecule has 2 aliphatic heterocycles. The predicted molar refractivity (Wildman–Crippen MR) is 165 cm³/mol. The number of para-hydroxylation sites is 1. The van der Waals surface area contributed by atoms with Crippen LogP contribution in [0.2, 0.25) is 0 Å². The van der Waals surface area contributed by atoms with E-state index in [4.69, 9.17) is 21.9 Å². The second-order valence-electron chi connectivity index (χ2n) is 10.0. The minimum Gasteiger partial charge on any atom is -0.376 e. The maximum Gasteiger partial charge on any atom is 0.296 e. The average Bonchev–Trinajstić information content (AvgIpc) is 3.64. The van der Waals surface area contributed by atoms with Crippen LogP contribution in [0.4, 0.5) is 11.5 Å². The molecule has 1 unspecified atom stereocenters. The molecule has 4 aromatic rings. The molecule has 210 valence electrons. The van der Waals surface area contributed by atoms with Gasteiger partial charge in [0.2, 0.25) is 0 Å². The number of anilines is 2. The van der Waals surface area contributed by atoms with E-state index < -0.39 is 5.91 Å². The fourth-order valence-electron chi connectivity index (χ4n) is 5.20. The summed E-state index contributed by atoms with van der Waals surface area (Å²) < 4.78 is 10.6. The first kappa shape index (κ1) is 27.2. The lowest BCUT2D eigenvalue weighted by atomic mass is 10.2. The molecule has 3 aromatic heterocycles. The molecule has 6 rings (SSSR count). The predicted octanol–water partition coefficient (Wildman–Crippen LogP) is 3.80. The molecule has 12 heteroatoms. The number of amides is 1. The third-order valence-corrected chi connectivity index (χ3v) is 8.72. The van der Waals surface area contributed by atoms with Crippen LogP contribution in [-0.2, 0) is 16.6 Å². The number of hydrogen-bond donors (Lipinski definition) is 1. The first-order chi connectivity index (χ1) is 19.8. The minimum atomic E-state index is -0.468. The largest absolute Gasteiger partial charge is 0.376 e. The third kappa shape index (κ3) is 4.71. The van der Waals surface area contributed by atoms with Crippen molar-refractivity contribution >= 4 is 57.4 Å². The van der Waals surface area contributed by atoms with Crippen LogP contribution in [0, 0.1) is 13.8 Å². The fraction of sp³-hybridized carbons (Fsp3) is 0.276. The number of rotatable bonds is 6. The van der Waals surface area contributed by atoms with Crippen molar-refractivity contribution in [1.82, 2.24) is 18.7 Å². The lowest BCUT2D eigenvalue weighted by molar-refractivity contribution is -0.113. The van der Waals surface area contributed by atoms with Gasteiger partial charge in [-0.05, 0) is 56.5 Å². The van der Waals surface area contributed by atoms with Gasteiger partial charge in [0.25, 0.3) is 17.0 Å². The summed E-state index contributed by atoms with van der Waals surface area (Å²) in [6, 6.07) is 12.9. The molecular weight excluding hydrogens is 560 g/mol. The van der Waals surface area contributed by atoms with Crippen molar-refractivity contribution in [2.24, 2.45) is 7.05 Å². The molecule has 2 aliphatic rings. The molecule has 10 nitrogen and oxygen atoms in total. The van der Waals surface area contributed by atoms with Gasteiger partial charge in [0.15, 0.2) is 4.32 Å². The molecule has 1 amide bonds. The van der Waals surface area contributed by atoms with E-state index in [1.807, 2.05) is 43.3 Å². The number of pyridine rings is 1. The van der Waals surface area contributed by atoms with Gasteiger partial charge in [-0.25, -0.2) is 9.67 Å². The number of aromatic nitrogens is 4. The summed E-state index contributed by atoms with van der Waals surface area (Å²) in [4.78, 5) is 47.4. The van der Waals surface area contributed by atoms with Gasteiger partial charge in [-0.2, -0.15) is 0 Å². The van der Waals surface area contributed by atoms with E-state index in [-0.39, 0.29) is 37.7 Å². The smallest absolute Gasteiger partial charge is 0.296 e. The Balaban J connectivity index is 1.43. The number of hydrogen-bond acceptors (Lipinski definition) is 8. The molecule has 0 bridgehead atoms. The van der Waals surface area contributed by atoms with Crippen LogP contribution in [-0.4, -0.2) is 48.2 Å². The fourth-order valence-corrected chi connectivity index (χ4v) is 6.45. The summed E-state index contributed by atoms with van der Waals surface area (Å²) in [5.41, 5.74) is 2.36. The molecule has 2 fully saturated rings. The molecule has 41 heavy (non-hydrogen) atoms. The highest BCUT2D eigenvalue weighted by molar-refractivity contribution is 8.27. The van der Waals surface area contributed by atoms with Gasteiger partial charge < -0.3 is 10.1 Å². The van der Waals surface area contributed by atoms with E-state index in [1.54, 1.807) is 30.9 Å². The van der Waals surface area contributed by atoms with Crippen LogP contribution in [0.3, 0.4) is 0 Å². The van der Waals surface area contributed by atoms with Crippen LogP contribution in [0.5, 0.6) is 0 Å². The van der Waals surface area contributed by atoms with E-state index >= 15 is 0 Å². The van der Waals surface area contributed by atoms with Gasteiger partial charge in [-0.1, -0.05) is 48.2 Å². The normalized spacial score (nSPS) is 18.3. The Morgan fingerprint density at radius 1 is 1.12 bits per heavy atom. The lowest BCUT2D eigenvalue weighted by Crippen LogP contribution is -2.33. The summed E-state index contributed by atoms with van der Waals surface area (Å²) in [6.07, 6.45) is 5.10. The summed E-state index contributed by atoms with van der Waals surface area (Å²) in [5.74, 6) is -0.0998. The number of nitrogens with zero attached hydrogens (tertiary/aromatic N) is 5. The van der Waals surface area contributed by atoms with E-state index in [2.05, 4.69) is 5.32 Å². The molecule has 2 saturated heterocycles. The van der Waals surface area contributed by atoms with Crippen molar-refractivity contribution < 1.29 is 9.53 Å². The monoisotopic (exact) mass is 588 g/mol. The summed E-state index contributed by atoms with van der Waals surface area (Å²) in [6.45, 7) is 4.85. The Bertz CT molecular complexity index is 1850. The van der Waals surface area contributed by atoms with Crippen LogP contribution in [0.15, 0.2) is 63.2 Å². The first-order valence-corrected chi connectivity index (χ1v) is 14.5. The zero-order valence-corrected chi connectivity index (χ0v) is 24.4. The summed E-state index contributed by atoms with van der Waals surface area (Å²) >= 11 is 6.66. The van der Waals surface area contributed by atoms with Crippen LogP contribution >= 0.6 is 24.0 Å². The number of carbonyl (C=O) groups excluding carboxylic acids is 1. The topological polar surface area (TPSA) is 103 Å². The molecule has 1 N–H and O–H groups in total. The molecule has 0 saturated carbocycles. The number of aryl methyl sites for hydroxylation is 1. The van der Waals surface area contributed by atoms with E-state index in [1.165, 1.54) is 20.1 Å². The third-order valence-electron chi connectivity index (χ3n) is 7.42. The van der Waals surface area contributed by atoms with Crippen LogP contribution < -0.4 is 21.3 Å². The van der Waals surface area contributed by atoms with E-state index in [9.17, 15) is 14.4 Å². The molecule has 0 aliphatic carbocycles. The molecule has 1 atom stereocenters. The highest BCUT2D eigenvalue weighted by atomic mass is 32.2. The number of thiocarbonyl (C=S) groups is 1. The summed E-state index contributed by atoms with van der Waals surface area (Å²) in [7, 11) is 1.76. The second-order valence-corrected chi connectivity index (χ2v) is 11.7. The van der Waals surface area contributed by atoms with Crippen molar-refractivity contribution in [1.29, 1.82) is 0 Å². The zero-order chi connectivity index (χ0) is 28.8. The summed E-state index contributed by atoms with van der Waals surface area (Å²) in [5, 5.41) is 3.29. The average molecular weight is 589 g/mol. The van der Waals surface area contributed by atoms with Gasteiger partial charge in [0.1, 0.15) is 17.2 Å². The minimum absolute atomic E-state index is 0.0195. The Labute approximate surface area is 245 Å². The number of nitrogens with one attached hydrogen (secondary N) is 1. The zero-order valence-electron chi connectivity index (χ0n) is 22.8.